The zero-order chi connectivity index (χ0) is 26.4. The number of esters is 1. The van der Waals surface area contributed by atoms with Crippen LogP contribution < -0.4 is 14.9 Å². The van der Waals surface area contributed by atoms with E-state index in [1.807, 2.05) is 0 Å². The van der Waals surface area contributed by atoms with Crippen molar-refractivity contribution in [2.24, 2.45) is 23.2 Å². The highest BCUT2D eigenvalue weighted by atomic mass is 32.2. The first kappa shape index (κ1) is 25.1. The lowest BCUT2D eigenvalue weighted by Gasteiger charge is -2.55. The number of rotatable bonds is 6. The highest BCUT2D eigenvalue weighted by molar-refractivity contribution is 8.26. The van der Waals surface area contributed by atoms with Crippen molar-refractivity contribution >= 4 is 52.2 Å². The largest absolute Gasteiger partial charge is 0.497 e. The molecule has 9 heteroatoms. The number of methoxy groups -OCH3 is 1. The molecule has 1 N–H and O–H groups in total. The van der Waals surface area contributed by atoms with Crippen molar-refractivity contribution in [2.75, 3.05) is 7.11 Å². The fraction of sp³-hybridized carbons (Fsp3) is 0.379. The third-order valence-corrected chi connectivity index (χ3v) is 9.54. The van der Waals surface area contributed by atoms with Crippen LogP contribution in [0.15, 0.2) is 53.4 Å². The van der Waals surface area contributed by atoms with Gasteiger partial charge in [-0.25, -0.2) is 4.79 Å². The molecule has 2 aromatic rings. The molecule has 0 radical (unpaired) electrons. The minimum atomic E-state index is -0.476. The quantitative estimate of drug-likeness (QED) is 0.225. The third-order valence-electron chi connectivity index (χ3n) is 8.24. The molecule has 7 nitrogen and oxygen atoms in total. The second-order valence-corrected chi connectivity index (χ2v) is 12.5. The van der Waals surface area contributed by atoms with E-state index in [1.165, 1.54) is 36.0 Å². The van der Waals surface area contributed by atoms with Crippen LogP contribution in [0.2, 0.25) is 0 Å². The summed E-state index contributed by atoms with van der Waals surface area (Å²) in [4.78, 5) is 39.4. The monoisotopic (exact) mass is 548 g/mol. The molecule has 0 unspecified atom stereocenters. The van der Waals surface area contributed by atoms with E-state index < -0.39 is 5.97 Å². The van der Waals surface area contributed by atoms with Gasteiger partial charge in [0.05, 0.1) is 23.0 Å². The average molecular weight is 549 g/mol. The topological polar surface area (TPSA) is 84.9 Å². The molecule has 1 heterocycles. The summed E-state index contributed by atoms with van der Waals surface area (Å²) in [5.74, 6) is 2.09. The third kappa shape index (κ3) is 4.73. The molecule has 0 spiro atoms. The zero-order valence-electron chi connectivity index (χ0n) is 21.0. The van der Waals surface area contributed by atoms with Crippen molar-refractivity contribution < 1.29 is 23.9 Å². The molecule has 2 aromatic carbocycles. The number of benzene rings is 2. The van der Waals surface area contributed by atoms with Crippen LogP contribution in [-0.2, 0) is 9.59 Å². The summed E-state index contributed by atoms with van der Waals surface area (Å²) >= 11 is 6.62. The summed E-state index contributed by atoms with van der Waals surface area (Å²) in [6.45, 7) is 0. The van der Waals surface area contributed by atoms with E-state index in [1.54, 1.807) is 61.7 Å². The number of nitrogens with one attached hydrogen (secondary N) is 1. The second-order valence-electron chi connectivity index (χ2n) is 10.8. The van der Waals surface area contributed by atoms with Gasteiger partial charge < -0.3 is 9.47 Å². The van der Waals surface area contributed by atoms with E-state index in [9.17, 15) is 14.4 Å². The zero-order valence-corrected chi connectivity index (χ0v) is 22.6. The van der Waals surface area contributed by atoms with E-state index in [0.29, 0.717) is 44.0 Å². The summed E-state index contributed by atoms with van der Waals surface area (Å²) in [5.41, 5.74) is 3.68. The van der Waals surface area contributed by atoms with Crippen LogP contribution in [0.1, 0.15) is 54.4 Å². The smallest absolute Gasteiger partial charge is 0.343 e. The average Bonchev–Trinajstić information content (AvgIpc) is 3.16. The molecule has 1 aliphatic heterocycles. The number of carbonyl (C=O) groups is 3. The Hall–Kier alpha value is -3.17. The number of hydrogen-bond acceptors (Lipinski definition) is 7. The van der Waals surface area contributed by atoms with Gasteiger partial charge in [-0.1, -0.05) is 23.9 Å². The number of thiocarbonyl (C=S) groups is 1. The van der Waals surface area contributed by atoms with Gasteiger partial charge in [0.1, 0.15) is 11.5 Å². The van der Waals surface area contributed by atoms with Crippen molar-refractivity contribution in [3.63, 3.8) is 0 Å². The fourth-order valence-electron chi connectivity index (χ4n) is 6.85. The van der Waals surface area contributed by atoms with Gasteiger partial charge in [-0.15, -0.1) is 0 Å². The Bertz CT molecular complexity index is 1300. The lowest BCUT2D eigenvalue weighted by atomic mass is 9.49. The van der Waals surface area contributed by atoms with Gasteiger partial charge in [-0.3, -0.25) is 15.0 Å². The molecule has 4 aliphatic carbocycles. The lowest BCUT2D eigenvalue weighted by molar-refractivity contribution is -0.152. The van der Waals surface area contributed by atoms with Crippen LogP contribution in [-0.4, -0.2) is 34.2 Å². The molecule has 38 heavy (non-hydrogen) atoms. The summed E-state index contributed by atoms with van der Waals surface area (Å²) < 4.78 is 10.9. The Kier molecular flexibility index (Phi) is 6.52. The minimum Gasteiger partial charge on any atom is -0.497 e. The number of ether oxygens (including phenoxy) is 2. The van der Waals surface area contributed by atoms with Crippen LogP contribution in [0.5, 0.6) is 11.5 Å². The second kappa shape index (κ2) is 9.85. The Morgan fingerprint density at radius 3 is 2.13 bits per heavy atom. The molecule has 0 aromatic heterocycles. The van der Waals surface area contributed by atoms with E-state index in [2.05, 4.69) is 5.43 Å². The minimum absolute atomic E-state index is 0.0582. The summed E-state index contributed by atoms with van der Waals surface area (Å²) in [5, 5.41) is 1.23. The molecule has 5 aliphatic rings. The number of carbonyl (C=O) groups excluding carboxylic acids is 3. The predicted octanol–water partition coefficient (Wildman–Crippen LogP) is 5.36. The van der Waals surface area contributed by atoms with Crippen molar-refractivity contribution in [3.8, 4) is 11.5 Å². The Morgan fingerprint density at radius 2 is 1.55 bits per heavy atom. The first-order valence-corrected chi connectivity index (χ1v) is 14.1. The molecular formula is C29H28N2O5S2. The van der Waals surface area contributed by atoms with Gasteiger partial charge in [0.25, 0.3) is 5.91 Å². The molecule has 4 saturated carbocycles. The lowest BCUT2D eigenvalue weighted by Crippen LogP contribution is -2.57. The molecule has 2 amide bonds. The fourth-order valence-corrected chi connectivity index (χ4v) is 8.03. The van der Waals surface area contributed by atoms with Crippen molar-refractivity contribution in [1.82, 2.24) is 10.4 Å². The maximum Gasteiger partial charge on any atom is 0.343 e. The number of amides is 2. The van der Waals surface area contributed by atoms with Crippen LogP contribution in [0.4, 0.5) is 0 Å². The standard InChI is InChI=1S/C29H28N2O5S2/c1-35-22-8-4-21(5-9-22)26(33)36-23-6-2-17(3-7-23)13-24-25(32)31(28(37)38-24)30-27(34)29-14-18-10-19(15-29)12-20(11-18)16-29/h2-9,13,18-20H,10-12,14-16H2,1H3,(H,30,34)/b24-13+. The summed E-state index contributed by atoms with van der Waals surface area (Å²) in [6.07, 6.45) is 8.23. The van der Waals surface area contributed by atoms with Crippen molar-refractivity contribution in [2.45, 2.75) is 38.5 Å². The number of hydrogen-bond donors (Lipinski definition) is 1. The predicted molar refractivity (Wildman–Crippen MR) is 148 cm³/mol. The number of hydrazine groups is 1. The van der Waals surface area contributed by atoms with E-state index >= 15 is 0 Å². The molecule has 1 saturated heterocycles. The van der Waals surface area contributed by atoms with Crippen LogP contribution in [0, 0.1) is 23.2 Å². The van der Waals surface area contributed by atoms with Crippen LogP contribution in [0.25, 0.3) is 6.08 Å². The van der Waals surface area contributed by atoms with Gasteiger partial charge in [-0.05, 0) is 117 Å². The maximum absolute atomic E-state index is 13.4. The first-order chi connectivity index (χ1) is 18.3. The Morgan fingerprint density at radius 1 is 0.974 bits per heavy atom. The highest BCUT2D eigenvalue weighted by Crippen LogP contribution is 2.60. The Labute approximate surface area is 230 Å². The van der Waals surface area contributed by atoms with Crippen molar-refractivity contribution in [3.05, 3.63) is 64.6 Å². The van der Waals surface area contributed by atoms with Crippen LogP contribution in [0.3, 0.4) is 0 Å². The summed E-state index contributed by atoms with van der Waals surface area (Å²) in [6, 6.07) is 13.5. The highest BCUT2D eigenvalue weighted by Gasteiger charge is 2.55. The first-order valence-electron chi connectivity index (χ1n) is 12.9. The maximum atomic E-state index is 13.4. The molecule has 5 fully saturated rings. The molecular weight excluding hydrogens is 520 g/mol. The van der Waals surface area contributed by atoms with Crippen molar-refractivity contribution in [1.29, 1.82) is 0 Å². The summed E-state index contributed by atoms with van der Waals surface area (Å²) in [7, 11) is 1.56. The SMILES string of the molecule is COc1ccc(C(=O)Oc2ccc(/C=C3/SC(=S)N(NC(=O)C45CC6CC(CC(C6)C4)C5)C3=O)cc2)cc1. The normalized spacial score (nSPS) is 28.6. The molecule has 7 rings (SSSR count). The van der Waals surface area contributed by atoms with E-state index in [-0.39, 0.29) is 17.2 Å². The van der Waals surface area contributed by atoms with Gasteiger partial charge in [0.2, 0.25) is 5.91 Å². The van der Waals surface area contributed by atoms with Gasteiger partial charge in [0, 0.05) is 0 Å². The van der Waals surface area contributed by atoms with Gasteiger partial charge in [-0.2, -0.15) is 5.01 Å². The van der Waals surface area contributed by atoms with Gasteiger partial charge in [0.15, 0.2) is 4.32 Å². The molecule has 0 atom stereocenters. The number of thioether (sulfide) groups is 1. The number of nitrogens with zero attached hydrogens (tertiary/aromatic N) is 1. The van der Waals surface area contributed by atoms with Crippen LogP contribution >= 0.6 is 24.0 Å². The molecule has 196 valence electrons. The Balaban J connectivity index is 1.10. The van der Waals surface area contributed by atoms with Gasteiger partial charge >= 0.3 is 5.97 Å². The molecule has 4 bridgehead atoms. The van der Waals surface area contributed by atoms with E-state index in [4.69, 9.17) is 21.7 Å². The van der Waals surface area contributed by atoms with E-state index in [0.717, 1.165) is 24.8 Å².